The second kappa shape index (κ2) is 6.50. The van der Waals surface area contributed by atoms with E-state index >= 15 is 0 Å². The zero-order valence-corrected chi connectivity index (χ0v) is 12.8. The van der Waals surface area contributed by atoms with Crippen molar-refractivity contribution in [1.82, 2.24) is 0 Å². The van der Waals surface area contributed by atoms with Crippen LogP contribution >= 0.6 is 0 Å². The minimum absolute atomic E-state index is 0.309. The third-order valence-electron chi connectivity index (χ3n) is 4.02. The van der Waals surface area contributed by atoms with Crippen LogP contribution in [0.4, 0.5) is 0 Å². The molecule has 0 aliphatic carbocycles. The zero-order chi connectivity index (χ0) is 17.4. The lowest BCUT2D eigenvalue weighted by Gasteiger charge is -2.39. The molecule has 1 aromatic carbocycles. The highest BCUT2D eigenvalue weighted by Crippen LogP contribution is 2.27. The van der Waals surface area contributed by atoms with Gasteiger partial charge < -0.3 is 34.3 Å². The average molecular weight is 338 g/mol. The maximum absolute atomic E-state index is 11.4. The van der Waals surface area contributed by atoms with Crippen LogP contribution in [0.2, 0.25) is 0 Å². The Balaban J connectivity index is 1.87. The van der Waals surface area contributed by atoms with E-state index in [0.717, 1.165) is 0 Å². The van der Waals surface area contributed by atoms with Crippen molar-refractivity contribution in [2.75, 3.05) is 6.61 Å². The standard InChI is InChI=1S/C16H18O8/c1-7-4-12(18)23-10-3-2-8(5-9(7)10)22-16-15(21)14(20)13(19)11(6-17)24-16/h2-5,11,13-17,19-21H,6H2,1H3/t11-,13-,14?,15?,16-/m1/s1. The van der Waals surface area contributed by atoms with E-state index < -0.39 is 42.9 Å². The predicted molar refractivity (Wildman–Crippen MR) is 81.6 cm³/mol. The summed E-state index contributed by atoms with van der Waals surface area (Å²) in [5.74, 6) is 0.309. The molecule has 1 aliphatic rings. The molecular weight excluding hydrogens is 320 g/mol. The summed E-state index contributed by atoms with van der Waals surface area (Å²) in [7, 11) is 0. The van der Waals surface area contributed by atoms with Gasteiger partial charge in [0.1, 0.15) is 35.7 Å². The number of aliphatic hydroxyl groups is 4. The van der Waals surface area contributed by atoms with E-state index in [2.05, 4.69) is 0 Å². The SMILES string of the molecule is Cc1cc(=O)oc2ccc(O[C@@H]3O[C@H](CO)[C@@H](O)C(O)C3O)cc12. The molecule has 130 valence electrons. The van der Waals surface area contributed by atoms with Gasteiger partial charge in [-0.2, -0.15) is 0 Å². The molecule has 24 heavy (non-hydrogen) atoms. The van der Waals surface area contributed by atoms with Crippen LogP contribution in [0.1, 0.15) is 5.56 Å². The molecule has 0 amide bonds. The number of hydrogen-bond donors (Lipinski definition) is 4. The number of benzene rings is 1. The first-order chi connectivity index (χ1) is 11.4. The lowest BCUT2D eigenvalue weighted by atomic mass is 9.99. The Labute approximate surface area is 136 Å². The molecule has 2 unspecified atom stereocenters. The summed E-state index contributed by atoms with van der Waals surface area (Å²) in [6, 6.07) is 6.02. The van der Waals surface area contributed by atoms with E-state index in [1.54, 1.807) is 19.1 Å². The Kier molecular flexibility index (Phi) is 4.57. The van der Waals surface area contributed by atoms with Crippen LogP contribution in [-0.4, -0.2) is 57.7 Å². The van der Waals surface area contributed by atoms with E-state index in [1.807, 2.05) is 0 Å². The zero-order valence-electron chi connectivity index (χ0n) is 12.8. The van der Waals surface area contributed by atoms with Crippen molar-refractivity contribution in [3.63, 3.8) is 0 Å². The van der Waals surface area contributed by atoms with Crippen molar-refractivity contribution in [2.24, 2.45) is 0 Å². The molecule has 8 nitrogen and oxygen atoms in total. The monoisotopic (exact) mass is 338 g/mol. The molecule has 2 heterocycles. The minimum Gasteiger partial charge on any atom is -0.462 e. The van der Waals surface area contributed by atoms with Gasteiger partial charge in [-0.1, -0.05) is 0 Å². The first-order valence-corrected chi connectivity index (χ1v) is 7.42. The summed E-state index contributed by atoms with van der Waals surface area (Å²) >= 11 is 0. The number of rotatable bonds is 3. The van der Waals surface area contributed by atoms with Gasteiger partial charge in [0, 0.05) is 11.5 Å². The highest BCUT2D eigenvalue weighted by atomic mass is 16.7. The van der Waals surface area contributed by atoms with Gasteiger partial charge in [-0.05, 0) is 30.7 Å². The van der Waals surface area contributed by atoms with Crippen molar-refractivity contribution in [2.45, 2.75) is 37.6 Å². The first kappa shape index (κ1) is 16.9. The first-order valence-electron chi connectivity index (χ1n) is 7.42. The fourth-order valence-corrected chi connectivity index (χ4v) is 2.67. The maximum atomic E-state index is 11.4. The molecule has 0 radical (unpaired) electrons. The van der Waals surface area contributed by atoms with Crippen molar-refractivity contribution < 1.29 is 34.3 Å². The Bertz CT molecular complexity index is 783. The third kappa shape index (κ3) is 3.02. The number of fused-ring (bicyclic) bond motifs is 1. The van der Waals surface area contributed by atoms with E-state index in [4.69, 9.17) is 13.9 Å². The molecule has 1 aromatic heterocycles. The van der Waals surface area contributed by atoms with E-state index in [0.29, 0.717) is 22.3 Å². The van der Waals surface area contributed by atoms with Gasteiger partial charge >= 0.3 is 5.63 Å². The molecule has 0 saturated carbocycles. The normalized spacial score (nSPS) is 30.5. The van der Waals surface area contributed by atoms with Crippen LogP contribution in [-0.2, 0) is 4.74 Å². The van der Waals surface area contributed by atoms with Gasteiger partial charge in [-0.3, -0.25) is 0 Å². The molecule has 5 atom stereocenters. The lowest BCUT2D eigenvalue weighted by molar-refractivity contribution is -0.277. The topological polar surface area (TPSA) is 130 Å². The quantitative estimate of drug-likeness (QED) is 0.540. The molecule has 2 aromatic rings. The minimum atomic E-state index is -1.51. The largest absolute Gasteiger partial charge is 0.462 e. The Hall–Kier alpha value is -1.97. The average Bonchev–Trinajstić information content (AvgIpc) is 2.55. The van der Waals surface area contributed by atoms with Crippen molar-refractivity contribution >= 4 is 11.0 Å². The van der Waals surface area contributed by atoms with Gasteiger partial charge in [-0.15, -0.1) is 0 Å². The van der Waals surface area contributed by atoms with Crippen LogP contribution in [0, 0.1) is 6.92 Å². The summed E-state index contributed by atoms with van der Waals surface area (Å²) in [5.41, 5.74) is 0.629. The summed E-state index contributed by atoms with van der Waals surface area (Å²) in [6.07, 6.45) is -6.77. The number of aryl methyl sites for hydroxylation is 1. The lowest BCUT2D eigenvalue weighted by Crippen LogP contribution is -2.60. The second-order valence-electron chi connectivity index (χ2n) is 5.72. The molecule has 0 bridgehead atoms. The van der Waals surface area contributed by atoms with E-state index in [-0.39, 0.29) is 0 Å². The fraction of sp³-hybridized carbons (Fsp3) is 0.438. The van der Waals surface area contributed by atoms with E-state index in [1.165, 1.54) is 12.1 Å². The van der Waals surface area contributed by atoms with Gasteiger partial charge in [0.05, 0.1) is 6.61 Å². The molecule has 3 rings (SSSR count). The van der Waals surface area contributed by atoms with Gasteiger partial charge in [0.2, 0.25) is 6.29 Å². The number of hydrogen-bond acceptors (Lipinski definition) is 8. The highest BCUT2D eigenvalue weighted by molar-refractivity contribution is 5.81. The van der Waals surface area contributed by atoms with E-state index in [9.17, 15) is 25.2 Å². The number of aliphatic hydroxyl groups excluding tert-OH is 4. The fourth-order valence-electron chi connectivity index (χ4n) is 2.67. The molecule has 4 N–H and O–H groups in total. The molecular formula is C16H18O8. The summed E-state index contributed by atoms with van der Waals surface area (Å²) < 4.78 is 15.9. The Morgan fingerprint density at radius 3 is 2.58 bits per heavy atom. The summed E-state index contributed by atoms with van der Waals surface area (Å²) in [5, 5.41) is 39.3. The van der Waals surface area contributed by atoms with Gasteiger partial charge in [0.25, 0.3) is 0 Å². The summed E-state index contributed by atoms with van der Waals surface area (Å²) in [4.78, 5) is 11.4. The second-order valence-corrected chi connectivity index (χ2v) is 5.72. The van der Waals surface area contributed by atoms with Crippen LogP contribution in [0.5, 0.6) is 5.75 Å². The van der Waals surface area contributed by atoms with Gasteiger partial charge in [-0.25, -0.2) is 4.79 Å². The van der Waals surface area contributed by atoms with Crippen LogP contribution < -0.4 is 10.4 Å². The summed E-state index contributed by atoms with van der Waals surface area (Å²) in [6.45, 7) is 1.21. The third-order valence-corrected chi connectivity index (χ3v) is 4.02. The van der Waals surface area contributed by atoms with Crippen molar-refractivity contribution in [3.05, 3.63) is 40.2 Å². The Morgan fingerprint density at radius 2 is 1.88 bits per heavy atom. The van der Waals surface area contributed by atoms with Crippen molar-refractivity contribution in [1.29, 1.82) is 0 Å². The Morgan fingerprint density at radius 1 is 1.12 bits per heavy atom. The van der Waals surface area contributed by atoms with Crippen LogP contribution in [0.25, 0.3) is 11.0 Å². The smallest absolute Gasteiger partial charge is 0.336 e. The van der Waals surface area contributed by atoms with Crippen LogP contribution in [0.15, 0.2) is 33.5 Å². The number of ether oxygens (including phenoxy) is 2. The molecule has 0 spiro atoms. The molecule has 8 heteroatoms. The molecule has 1 fully saturated rings. The maximum Gasteiger partial charge on any atom is 0.336 e. The van der Waals surface area contributed by atoms with Gasteiger partial charge in [0.15, 0.2) is 0 Å². The molecule has 1 saturated heterocycles. The van der Waals surface area contributed by atoms with Crippen molar-refractivity contribution in [3.8, 4) is 5.75 Å². The predicted octanol–water partition coefficient (Wildman–Crippen LogP) is -0.720. The molecule has 1 aliphatic heterocycles. The highest BCUT2D eigenvalue weighted by Gasteiger charge is 2.44. The van der Waals surface area contributed by atoms with Crippen LogP contribution in [0.3, 0.4) is 0 Å².